The highest BCUT2D eigenvalue weighted by Gasteiger charge is 2.21. The lowest BCUT2D eigenvalue weighted by Crippen LogP contribution is -2.37. The van der Waals surface area contributed by atoms with Crippen LogP contribution in [0.2, 0.25) is 0 Å². The second kappa shape index (κ2) is 7.76. The Bertz CT molecular complexity index is 749. The van der Waals surface area contributed by atoms with Gasteiger partial charge in [-0.15, -0.1) is 11.3 Å². The topological polar surface area (TPSA) is 88.3 Å². The fraction of sp³-hybridized carbons (Fsp3) is 0.389. The number of thiazole rings is 1. The molecule has 2 amide bonds. The summed E-state index contributed by atoms with van der Waals surface area (Å²) in [7, 11) is 0. The minimum absolute atomic E-state index is 0.0527. The third-order valence-electron chi connectivity index (χ3n) is 4.42. The molecular weight excluding hydrogens is 336 g/mol. The summed E-state index contributed by atoms with van der Waals surface area (Å²) in [5.74, 6) is 0.462. The minimum Gasteiger partial charge on any atom is -0.339 e. The Morgan fingerprint density at radius 3 is 2.56 bits per heavy atom. The molecule has 25 heavy (non-hydrogen) atoms. The van der Waals surface area contributed by atoms with E-state index in [1.54, 1.807) is 29.6 Å². The average molecular weight is 358 g/mol. The molecule has 1 fully saturated rings. The normalized spacial score (nSPS) is 15.2. The number of hydrogen-bond acceptors (Lipinski definition) is 5. The first-order valence-corrected chi connectivity index (χ1v) is 9.30. The summed E-state index contributed by atoms with van der Waals surface area (Å²) in [5.41, 5.74) is 7.15. The molecule has 0 spiro atoms. The lowest BCUT2D eigenvalue weighted by Gasteiger charge is -2.30. The Hall–Kier alpha value is -2.25. The molecule has 0 unspecified atom stereocenters. The van der Waals surface area contributed by atoms with Gasteiger partial charge in [-0.1, -0.05) is 6.92 Å². The number of amides is 2. The molecule has 6 nitrogen and oxygen atoms in total. The number of nitrogens with zero attached hydrogens (tertiary/aromatic N) is 2. The summed E-state index contributed by atoms with van der Waals surface area (Å²) in [5, 5.41) is 5.20. The van der Waals surface area contributed by atoms with Crippen LogP contribution in [0.5, 0.6) is 0 Å². The average Bonchev–Trinajstić information content (AvgIpc) is 3.12. The summed E-state index contributed by atoms with van der Waals surface area (Å²) in [6, 6.07) is 6.99. The van der Waals surface area contributed by atoms with Gasteiger partial charge < -0.3 is 16.0 Å². The summed E-state index contributed by atoms with van der Waals surface area (Å²) in [6.07, 6.45) is 2.11. The van der Waals surface area contributed by atoms with Crippen LogP contribution >= 0.6 is 11.3 Å². The van der Waals surface area contributed by atoms with Gasteiger partial charge in [0.2, 0.25) is 0 Å². The Balaban J connectivity index is 1.61. The Morgan fingerprint density at radius 1 is 1.28 bits per heavy atom. The van der Waals surface area contributed by atoms with Crippen molar-refractivity contribution in [3.05, 3.63) is 45.9 Å². The number of benzene rings is 1. The van der Waals surface area contributed by atoms with E-state index < -0.39 is 0 Å². The molecule has 1 aromatic heterocycles. The molecule has 1 aromatic carbocycles. The summed E-state index contributed by atoms with van der Waals surface area (Å²) >= 11 is 1.36. The second-order valence-corrected chi connectivity index (χ2v) is 7.28. The molecule has 2 heterocycles. The van der Waals surface area contributed by atoms with Gasteiger partial charge in [-0.3, -0.25) is 9.59 Å². The van der Waals surface area contributed by atoms with Gasteiger partial charge in [0, 0.05) is 36.3 Å². The molecule has 0 bridgehead atoms. The molecule has 3 N–H and O–H groups in total. The van der Waals surface area contributed by atoms with Crippen LogP contribution in [0.25, 0.3) is 0 Å². The molecule has 0 saturated carbocycles. The molecule has 3 rings (SSSR count). The number of rotatable bonds is 4. The Kier molecular flexibility index (Phi) is 5.45. The monoisotopic (exact) mass is 358 g/mol. The summed E-state index contributed by atoms with van der Waals surface area (Å²) in [4.78, 5) is 30.7. The maximum atomic E-state index is 12.5. The number of hydrogen-bond donors (Lipinski definition) is 2. The Labute approximate surface area is 151 Å². The van der Waals surface area contributed by atoms with Crippen molar-refractivity contribution in [3.8, 4) is 0 Å². The van der Waals surface area contributed by atoms with Crippen LogP contribution < -0.4 is 11.1 Å². The first-order chi connectivity index (χ1) is 12.1. The number of carbonyl (C=O) groups is 2. The third kappa shape index (κ3) is 4.24. The standard InChI is InChI=1S/C18H22N4O2S/c1-12-6-8-22(9-7-12)18(24)13-2-4-14(5-3-13)20-17(23)15-11-25-16(10-19)21-15/h2-5,11-12H,6-10,19H2,1H3,(H,20,23). The van der Waals surface area contributed by atoms with Gasteiger partial charge >= 0.3 is 0 Å². The molecule has 1 saturated heterocycles. The van der Waals surface area contributed by atoms with Crippen molar-refractivity contribution in [1.82, 2.24) is 9.88 Å². The van der Waals surface area contributed by atoms with Crippen LogP contribution in [0.4, 0.5) is 5.69 Å². The van der Waals surface area contributed by atoms with E-state index in [-0.39, 0.29) is 11.8 Å². The molecular formula is C18H22N4O2S. The number of carbonyl (C=O) groups excluding carboxylic acids is 2. The van der Waals surface area contributed by atoms with Gasteiger partial charge in [0.25, 0.3) is 11.8 Å². The number of aromatic nitrogens is 1. The van der Waals surface area contributed by atoms with E-state index in [2.05, 4.69) is 17.2 Å². The van der Waals surface area contributed by atoms with Crippen LogP contribution in [-0.2, 0) is 6.54 Å². The molecule has 0 atom stereocenters. The highest BCUT2D eigenvalue weighted by atomic mass is 32.1. The van der Waals surface area contributed by atoms with Crippen molar-refractivity contribution in [1.29, 1.82) is 0 Å². The quantitative estimate of drug-likeness (QED) is 0.879. The molecule has 7 heteroatoms. The maximum Gasteiger partial charge on any atom is 0.275 e. The lowest BCUT2D eigenvalue weighted by atomic mass is 9.98. The molecule has 0 aliphatic carbocycles. The van der Waals surface area contributed by atoms with Gasteiger partial charge in [-0.2, -0.15) is 0 Å². The first-order valence-electron chi connectivity index (χ1n) is 8.42. The maximum absolute atomic E-state index is 12.5. The van der Waals surface area contributed by atoms with E-state index in [4.69, 9.17) is 5.73 Å². The van der Waals surface area contributed by atoms with Crippen LogP contribution in [0.3, 0.4) is 0 Å². The number of anilines is 1. The van der Waals surface area contributed by atoms with Crippen LogP contribution in [0.1, 0.15) is 45.6 Å². The number of nitrogens with two attached hydrogens (primary N) is 1. The van der Waals surface area contributed by atoms with E-state index in [9.17, 15) is 9.59 Å². The zero-order chi connectivity index (χ0) is 17.8. The molecule has 2 aromatic rings. The van der Waals surface area contributed by atoms with Crippen LogP contribution in [0, 0.1) is 5.92 Å². The highest BCUT2D eigenvalue weighted by Crippen LogP contribution is 2.19. The van der Waals surface area contributed by atoms with E-state index in [0.717, 1.165) is 30.9 Å². The SMILES string of the molecule is CC1CCN(C(=O)c2ccc(NC(=O)c3csc(CN)n3)cc2)CC1. The second-order valence-electron chi connectivity index (χ2n) is 6.34. The van der Waals surface area contributed by atoms with E-state index in [1.807, 2.05) is 4.90 Å². The molecule has 132 valence electrons. The molecule has 1 aliphatic rings. The van der Waals surface area contributed by atoms with Gasteiger partial charge in [-0.05, 0) is 43.0 Å². The van der Waals surface area contributed by atoms with Crippen molar-refractivity contribution in [3.63, 3.8) is 0 Å². The van der Waals surface area contributed by atoms with E-state index >= 15 is 0 Å². The fourth-order valence-corrected chi connectivity index (χ4v) is 3.45. The van der Waals surface area contributed by atoms with Gasteiger partial charge in [0.15, 0.2) is 0 Å². The van der Waals surface area contributed by atoms with Crippen LogP contribution in [0.15, 0.2) is 29.6 Å². The smallest absolute Gasteiger partial charge is 0.275 e. The van der Waals surface area contributed by atoms with Gasteiger partial charge in [0.1, 0.15) is 10.7 Å². The van der Waals surface area contributed by atoms with Crippen molar-refractivity contribution < 1.29 is 9.59 Å². The minimum atomic E-state index is -0.278. The van der Waals surface area contributed by atoms with Crippen molar-refractivity contribution in [2.75, 3.05) is 18.4 Å². The van der Waals surface area contributed by atoms with Gasteiger partial charge in [-0.25, -0.2) is 4.98 Å². The number of piperidine rings is 1. The Morgan fingerprint density at radius 2 is 1.96 bits per heavy atom. The predicted octanol–water partition coefficient (Wildman–Crippen LogP) is 2.73. The fourth-order valence-electron chi connectivity index (χ4n) is 2.79. The first kappa shape index (κ1) is 17.6. The molecule has 1 aliphatic heterocycles. The van der Waals surface area contributed by atoms with E-state index in [1.165, 1.54) is 11.3 Å². The van der Waals surface area contributed by atoms with Gasteiger partial charge in [0.05, 0.1) is 0 Å². The van der Waals surface area contributed by atoms with E-state index in [0.29, 0.717) is 29.4 Å². The number of nitrogens with one attached hydrogen (secondary N) is 1. The predicted molar refractivity (Wildman–Crippen MR) is 98.7 cm³/mol. The van der Waals surface area contributed by atoms with Crippen molar-refractivity contribution in [2.24, 2.45) is 11.7 Å². The summed E-state index contributed by atoms with van der Waals surface area (Å²) < 4.78 is 0. The van der Waals surface area contributed by atoms with Crippen molar-refractivity contribution in [2.45, 2.75) is 26.3 Å². The lowest BCUT2D eigenvalue weighted by molar-refractivity contribution is 0.0697. The zero-order valence-electron chi connectivity index (χ0n) is 14.2. The summed E-state index contributed by atoms with van der Waals surface area (Å²) in [6.45, 7) is 4.17. The third-order valence-corrected chi connectivity index (χ3v) is 5.29. The zero-order valence-corrected chi connectivity index (χ0v) is 15.0. The largest absolute Gasteiger partial charge is 0.339 e. The molecule has 0 radical (unpaired) electrons. The van der Waals surface area contributed by atoms with Crippen LogP contribution in [-0.4, -0.2) is 34.8 Å². The van der Waals surface area contributed by atoms with Crippen molar-refractivity contribution >= 4 is 28.8 Å². The number of likely N-dealkylation sites (tertiary alicyclic amines) is 1. The highest BCUT2D eigenvalue weighted by molar-refractivity contribution is 7.09.